The molecule has 8 heteroatoms. The Morgan fingerprint density at radius 3 is 2.62 bits per heavy atom. The molecule has 2 aromatic carbocycles. The number of methoxy groups -OCH3 is 1. The summed E-state index contributed by atoms with van der Waals surface area (Å²) in [6.45, 7) is 3.86. The lowest BCUT2D eigenvalue weighted by Crippen LogP contribution is -2.25. The maximum Gasteiger partial charge on any atom is 0.257 e. The van der Waals surface area contributed by atoms with E-state index in [0.717, 1.165) is 0 Å². The Labute approximate surface area is 168 Å². The highest BCUT2D eigenvalue weighted by Gasteiger charge is 2.14. The molecule has 0 spiro atoms. The number of oxazole rings is 1. The first-order chi connectivity index (χ1) is 13.9. The van der Waals surface area contributed by atoms with E-state index in [4.69, 9.17) is 13.9 Å². The van der Waals surface area contributed by atoms with Gasteiger partial charge in [0, 0.05) is 24.2 Å². The van der Waals surface area contributed by atoms with Crippen molar-refractivity contribution in [2.24, 2.45) is 0 Å². The molecule has 29 heavy (non-hydrogen) atoms. The van der Waals surface area contributed by atoms with Gasteiger partial charge in [0.2, 0.25) is 0 Å². The van der Waals surface area contributed by atoms with Gasteiger partial charge in [0.15, 0.2) is 29.6 Å². The molecule has 0 atom stereocenters. The van der Waals surface area contributed by atoms with Gasteiger partial charge in [0.05, 0.1) is 7.11 Å². The van der Waals surface area contributed by atoms with E-state index in [2.05, 4.69) is 15.6 Å². The zero-order valence-corrected chi connectivity index (χ0v) is 16.7. The molecule has 1 aromatic heterocycles. The molecule has 2 N–H and O–H groups in total. The van der Waals surface area contributed by atoms with Crippen LogP contribution in [0, 0.1) is 0 Å². The Morgan fingerprint density at radius 2 is 1.93 bits per heavy atom. The Morgan fingerprint density at radius 1 is 1.14 bits per heavy atom. The van der Waals surface area contributed by atoms with E-state index in [1.807, 2.05) is 13.8 Å². The van der Waals surface area contributed by atoms with Gasteiger partial charge in [-0.3, -0.25) is 9.59 Å². The fourth-order valence-corrected chi connectivity index (χ4v) is 2.62. The van der Waals surface area contributed by atoms with Crippen LogP contribution in [0.3, 0.4) is 0 Å². The first kappa shape index (κ1) is 20.2. The Bertz CT molecular complexity index is 1040. The molecule has 0 unspecified atom stereocenters. The molecule has 0 aliphatic rings. The molecule has 3 rings (SSSR count). The summed E-state index contributed by atoms with van der Waals surface area (Å²) in [7, 11) is 2.99. The first-order valence-electron chi connectivity index (χ1n) is 9.14. The third-order valence-corrected chi connectivity index (χ3v) is 4.22. The molecule has 0 fully saturated rings. The number of rotatable bonds is 7. The van der Waals surface area contributed by atoms with Crippen LogP contribution in [-0.2, 0) is 4.79 Å². The average Bonchev–Trinajstić information content (AvgIpc) is 3.15. The number of hydrogen-bond acceptors (Lipinski definition) is 6. The van der Waals surface area contributed by atoms with Crippen LogP contribution in [0.15, 0.2) is 40.8 Å². The smallest absolute Gasteiger partial charge is 0.257 e. The zero-order valence-electron chi connectivity index (χ0n) is 16.7. The summed E-state index contributed by atoms with van der Waals surface area (Å²) in [5.41, 5.74) is 2.34. The highest BCUT2D eigenvalue weighted by Crippen LogP contribution is 2.29. The molecule has 152 valence electrons. The van der Waals surface area contributed by atoms with Gasteiger partial charge in [-0.2, -0.15) is 0 Å². The van der Waals surface area contributed by atoms with Gasteiger partial charge in [0.25, 0.3) is 11.8 Å². The van der Waals surface area contributed by atoms with E-state index < -0.39 is 0 Å². The Balaban J connectivity index is 1.76. The van der Waals surface area contributed by atoms with Crippen molar-refractivity contribution in [3.8, 4) is 11.5 Å². The van der Waals surface area contributed by atoms with E-state index in [1.165, 1.54) is 14.2 Å². The third-order valence-electron chi connectivity index (χ3n) is 4.22. The molecule has 0 saturated heterocycles. The molecule has 3 aromatic rings. The fraction of sp³-hybridized carbons (Fsp3) is 0.286. The fourth-order valence-electron chi connectivity index (χ4n) is 2.62. The van der Waals surface area contributed by atoms with Crippen LogP contribution in [0.5, 0.6) is 11.5 Å². The highest BCUT2D eigenvalue weighted by atomic mass is 16.5. The number of carbonyl (C=O) groups excluding carboxylic acids is 2. The predicted molar refractivity (Wildman–Crippen MR) is 109 cm³/mol. The van der Waals surface area contributed by atoms with Crippen LogP contribution in [-0.4, -0.2) is 37.6 Å². The summed E-state index contributed by atoms with van der Waals surface area (Å²) in [6, 6.07) is 10.0. The number of aromatic nitrogens is 1. The minimum atomic E-state index is -0.312. The summed E-state index contributed by atoms with van der Waals surface area (Å²) < 4.78 is 16.4. The largest absolute Gasteiger partial charge is 0.493 e. The lowest BCUT2D eigenvalue weighted by atomic mass is 10.1. The Hall–Kier alpha value is -3.55. The van der Waals surface area contributed by atoms with Gasteiger partial charge in [-0.15, -0.1) is 0 Å². The van der Waals surface area contributed by atoms with Gasteiger partial charge >= 0.3 is 0 Å². The standard InChI is InChI=1S/C21H23N3O5/c1-12(2)21-24-15-10-14(6-8-16(15)29-21)23-20(26)13-5-7-17(18(9-13)27-4)28-11-19(25)22-3/h5-10,12H,11H2,1-4H3,(H,22,25)(H,23,26). The summed E-state index contributed by atoms with van der Waals surface area (Å²) in [4.78, 5) is 28.4. The monoisotopic (exact) mass is 397 g/mol. The number of carbonyl (C=O) groups is 2. The molecule has 0 aliphatic carbocycles. The summed E-state index contributed by atoms with van der Waals surface area (Å²) in [6.07, 6.45) is 0. The number of fused-ring (bicyclic) bond motifs is 1. The predicted octanol–water partition coefficient (Wildman–Crippen LogP) is 3.34. The van der Waals surface area contributed by atoms with Crippen LogP contribution < -0.4 is 20.1 Å². The van der Waals surface area contributed by atoms with E-state index >= 15 is 0 Å². The van der Waals surface area contributed by atoms with Crippen molar-refractivity contribution in [3.05, 3.63) is 47.9 Å². The normalized spacial score (nSPS) is 10.8. The van der Waals surface area contributed by atoms with Crippen molar-refractivity contribution in [1.29, 1.82) is 0 Å². The lowest BCUT2D eigenvalue weighted by Gasteiger charge is -2.12. The highest BCUT2D eigenvalue weighted by molar-refractivity contribution is 6.05. The van der Waals surface area contributed by atoms with Crippen molar-refractivity contribution in [3.63, 3.8) is 0 Å². The number of benzene rings is 2. The van der Waals surface area contributed by atoms with Crippen LogP contribution >= 0.6 is 0 Å². The second kappa shape index (κ2) is 8.64. The minimum Gasteiger partial charge on any atom is -0.493 e. The van der Waals surface area contributed by atoms with Gasteiger partial charge < -0.3 is 24.5 Å². The topological polar surface area (TPSA) is 103 Å². The quantitative estimate of drug-likeness (QED) is 0.634. The molecule has 2 amide bonds. The molecular weight excluding hydrogens is 374 g/mol. The van der Waals surface area contributed by atoms with Crippen LogP contribution in [0.1, 0.15) is 36.0 Å². The number of ether oxygens (including phenoxy) is 2. The number of hydrogen-bond donors (Lipinski definition) is 2. The molecule has 0 saturated carbocycles. The van der Waals surface area contributed by atoms with E-state index in [1.54, 1.807) is 36.4 Å². The van der Waals surface area contributed by atoms with E-state index in [0.29, 0.717) is 39.7 Å². The van der Waals surface area contributed by atoms with Crippen molar-refractivity contribution < 1.29 is 23.5 Å². The molecule has 1 heterocycles. The Kier molecular flexibility index (Phi) is 6.01. The molecule has 0 bridgehead atoms. The third kappa shape index (κ3) is 4.66. The van der Waals surface area contributed by atoms with E-state index in [-0.39, 0.29) is 24.3 Å². The molecule has 8 nitrogen and oxygen atoms in total. The van der Waals surface area contributed by atoms with Crippen LogP contribution in [0.4, 0.5) is 5.69 Å². The second-order valence-electron chi connectivity index (χ2n) is 6.67. The maximum absolute atomic E-state index is 12.6. The minimum absolute atomic E-state index is 0.144. The van der Waals surface area contributed by atoms with Gasteiger partial charge in [-0.1, -0.05) is 13.8 Å². The number of anilines is 1. The summed E-state index contributed by atoms with van der Waals surface area (Å²) >= 11 is 0. The molecular formula is C21H23N3O5. The van der Waals surface area contributed by atoms with Crippen molar-refractivity contribution in [2.45, 2.75) is 19.8 Å². The maximum atomic E-state index is 12.6. The van der Waals surface area contributed by atoms with Gasteiger partial charge in [-0.25, -0.2) is 4.98 Å². The van der Waals surface area contributed by atoms with Crippen molar-refractivity contribution in [1.82, 2.24) is 10.3 Å². The van der Waals surface area contributed by atoms with Gasteiger partial charge in [0.1, 0.15) is 5.52 Å². The van der Waals surface area contributed by atoms with Gasteiger partial charge in [-0.05, 0) is 36.4 Å². The first-order valence-corrected chi connectivity index (χ1v) is 9.14. The van der Waals surface area contributed by atoms with Crippen LogP contribution in [0.2, 0.25) is 0 Å². The average molecular weight is 397 g/mol. The number of likely N-dealkylation sites (N-methyl/N-ethyl adjacent to an activating group) is 1. The van der Waals surface area contributed by atoms with Crippen molar-refractivity contribution >= 4 is 28.6 Å². The number of nitrogens with zero attached hydrogens (tertiary/aromatic N) is 1. The van der Waals surface area contributed by atoms with E-state index in [9.17, 15) is 9.59 Å². The summed E-state index contributed by atoms with van der Waals surface area (Å²) in [5, 5.41) is 5.31. The zero-order chi connectivity index (χ0) is 21.0. The van der Waals surface area contributed by atoms with Crippen molar-refractivity contribution in [2.75, 3.05) is 26.1 Å². The summed E-state index contributed by atoms with van der Waals surface area (Å²) in [5.74, 6) is 0.983. The molecule has 0 aliphatic heterocycles. The molecule has 0 radical (unpaired) electrons. The number of amides is 2. The van der Waals surface area contributed by atoms with Crippen LogP contribution in [0.25, 0.3) is 11.1 Å². The second-order valence-corrected chi connectivity index (χ2v) is 6.67. The number of nitrogens with one attached hydrogen (secondary N) is 2. The lowest BCUT2D eigenvalue weighted by molar-refractivity contribution is -0.122. The SMILES string of the molecule is CNC(=O)COc1ccc(C(=O)Nc2ccc3oc(C(C)C)nc3c2)cc1OC.